The first-order valence-electron chi connectivity index (χ1n) is 8.47. The van der Waals surface area contributed by atoms with Crippen LogP contribution in [0.3, 0.4) is 0 Å². The third-order valence-corrected chi connectivity index (χ3v) is 4.31. The molecule has 0 unspecified atom stereocenters. The Labute approximate surface area is 144 Å². The van der Waals surface area contributed by atoms with Crippen LogP contribution >= 0.6 is 0 Å². The zero-order chi connectivity index (χ0) is 16.9. The molecule has 0 aliphatic rings. The van der Waals surface area contributed by atoms with Crippen molar-refractivity contribution < 1.29 is 0 Å². The lowest BCUT2D eigenvalue weighted by atomic mass is 10.1. The summed E-state index contributed by atoms with van der Waals surface area (Å²) in [6, 6.07) is 17.0. The van der Waals surface area contributed by atoms with Crippen LogP contribution in [0.2, 0.25) is 0 Å². The molecule has 2 aromatic carbocycles. The van der Waals surface area contributed by atoms with E-state index < -0.39 is 0 Å². The van der Waals surface area contributed by atoms with E-state index in [0.29, 0.717) is 0 Å². The number of fused-ring (bicyclic) bond motifs is 1. The van der Waals surface area contributed by atoms with E-state index in [1.54, 1.807) is 0 Å². The van der Waals surface area contributed by atoms with Crippen LogP contribution in [0.15, 0.2) is 48.5 Å². The summed E-state index contributed by atoms with van der Waals surface area (Å²) < 4.78 is 0. The number of para-hydroxylation sites is 1. The zero-order valence-electron chi connectivity index (χ0n) is 14.8. The molecule has 0 radical (unpaired) electrons. The molecule has 0 aliphatic heterocycles. The van der Waals surface area contributed by atoms with Crippen LogP contribution in [0.4, 0.5) is 0 Å². The standard InChI is InChI=1S/C20H26N4/c1-16-21-19-11-7-10-18(20(19)22-16)15-24(3)13-12-23(2)14-17-8-5-4-6-9-17/h4-11H,12-15H2,1-3H3,(H,21,22). The number of H-pyrrole nitrogens is 1. The Balaban J connectivity index is 1.54. The number of nitrogens with zero attached hydrogens (tertiary/aromatic N) is 3. The minimum atomic E-state index is 0.917. The first-order valence-corrected chi connectivity index (χ1v) is 8.47. The second-order valence-electron chi connectivity index (χ2n) is 6.60. The van der Waals surface area contributed by atoms with E-state index in [2.05, 4.69) is 82.4 Å². The summed E-state index contributed by atoms with van der Waals surface area (Å²) >= 11 is 0. The van der Waals surface area contributed by atoms with Gasteiger partial charge in [-0.1, -0.05) is 42.5 Å². The van der Waals surface area contributed by atoms with Crippen molar-refractivity contribution in [1.29, 1.82) is 0 Å². The molecule has 4 nitrogen and oxygen atoms in total. The molecule has 0 spiro atoms. The molecular formula is C20H26N4. The lowest BCUT2D eigenvalue weighted by molar-refractivity contribution is 0.247. The second kappa shape index (κ2) is 7.60. The highest BCUT2D eigenvalue weighted by molar-refractivity contribution is 5.78. The average Bonchev–Trinajstić information content (AvgIpc) is 2.95. The molecule has 3 rings (SSSR count). The smallest absolute Gasteiger partial charge is 0.104 e. The van der Waals surface area contributed by atoms with Gasteiger partial charge >= 0.3 is 0 Å². The van der Waals surface area contributed by atoms with Crippen molar-refractivity contribution in [2.24, 2.45) is 0 Å². The van der Waals surface area contributed by atoms with Crippen LogP contribution in [0.1, 0.15) is 17.0 Å². The molecule has 1 heterocycles. The summed E-state index contributed by atoms with van der Waals surface area (Å²) in [4.78, 5) is 12.7. The Morgan fingerprint density at radius 3 is 2.33 bits per heavy atom. The van der Waals surface area contributed by atoms with Crippen LogP contribution in [0.5, 0.6) is 0 Å². The van der Waals surface area contributed by atoms with Crippen LogP contribution in [-0.4, -0.2) is 47.0 Å². The summed E-state index contributed by atoms with van der Waals surface area (Å²) in [5, 5.41) is 0. The van der Waals surface area contributed by atoms with Crippen molar-refractivity contribution in [1.82, 2.24) is 19.8 Å². The minimum Gasteiger partial charge on any atom is -0.342 e. The molecule has 0 saturated heterocycles. The third kappa shape index (κ3) is 4.22. The van der Waals surface area contributed by atoms with Crippen LogP contribution in [-0.2, 0) is 13.1 Å². The van der Waals surface area contributed by atoms with Crippen molar-refractivity contribution in [2.75, 3.05) is 27.2 Å². The number of hydrogen-bond donors (Lipinski definition) is 1. The Morgan fingerprint density at radius 1 is 0.875 bits per heavy atom. The summed E-state index contributed by atoms with van der Waals surface area (Å²) in [5.74, 6) is 0.975. The van der Waals surface area contributed by atoms with E-state index in [9.17, 15) is 0 Å². The third-order valence-electron chi connectivity index (χ3n) is 4.31. The molecule has 4 heteroatoms. The lowest BCUT2D eigenvalue weighted by Gasteiger charge is -2.22. The molecule has 0 atom stereocenters. The molecule has 3 aromatic rings. The van der Waals surface area contributed by atoms with E-state index in [0.717, 1.165) is 43.0 Å². The van der Waals surface area contributed by atoms with Gasteiger partial charge in [0.1, 0.15) is 5.82 Å². The SMILES string of the molecule is Cc1nc2c(CN(C)CCN(C)Cc3ccccc3)cccc2[nH]1. The van der Waals surface area contributed by atoms with Gasteiger partial charge in [0.2, 0.25) is 0 Å². The predicted octanol–water partition coefficient (Wildman–Crippen LogP) is 3.44. The number of nitrogens with one attached hydrogen (secondary N) is 1. The van der Waals surface area contributed by atoms with Gasteiger partial charge in [-0.15, -0.1) is 0 Å². The first-order chi connectivity index (χ1) is 11.6. The first kappa shape index (κ1) is 16.7. The van der Waals surface area contributed by atoms with Gasteiger partial charge in [-0.25, -0.2) is 4.98 Å². The molecule has 0 fully saturated rings. The largest absolute Gasteiger partial charge is 0.342 e. The lowest BCUT2D eigenvalue weighted by Crippen LogP contribution is -2.30. The Kier molecular flexibility index (Phi) is 5.28. The predicted molar refractivity (Wildman–Crippen MR) is 99.9 cm³/mol. The number of aromatic amines is 1. The Morgan fingerprint density at radius 2 is 1.58 bits per heavy atom. The number of rotatable bonds is 7. The van der Waals surface area contributed by atoms with Gasteiger partial charge in [0.05, 0.1) is 11.0 Å². The highest BCUT2D eigenvalue weighted by Gasteiger charge is 2.09. The van der Waals surface area contributed by atoms with Gasteiger partial charge in [0.15, 0.2) is 0 Å². The quantitative estimate of drug-likeness (QED) is 0.724. The number of aromatic nitrogens is 2. The Hall–Kier alpha value is -2.17. The highest BCUT2D eigenvalue weighted by Crippen LogP contribution is 2.17. The van der Waals surface area contributed by atoms with E-state index >= 15 is 0 Å². The fraction of sp³-hybridized carbons (Fsp3) is 0.350. The maximum absolute atomic E-state index is 4.62. The molecule has 24 heavy (non-hydrogen) atoms. The van der Waals surface area contributed by atoms with Crippen LogP contribution in [0, 0.1) is 6.92 Å². The number of imidazole rings is 1. The number of aryl methyl sites for hydroxylation is 1. The zero-order valence-corrected chi connectivity index (χ0v) is 14.8. The van der Waals surface area contributed by atoms with Crippen molar-refractivity contribution >= 4 is 11.0 Å². The number of likely N-dealkylation sites (N-methyl/N-ethyl adjacent to an activating group) is 2. The average molecular weight is 322 g/mol. The molecule has 126 valence electrons. The summed E-state index contributed by atoms with van der Waals surface area (Å²) in [7, 11) is 4.35. The van der Waals surface area contributed by atoms with Gasteiger partial charge in [-0.05, 0) is 38.2 Å². The van der Waals surface area contributed by atoms with Crippen molar-refractivity contribution in [3.8, 4) is 0 Å². The Bertz CT molecular complexity index is 779. The number of benzene rings is 2. The maximum Gasteiger partial charge on any atom is 0.104 e. The highest BCUT2D eigenvalue weighted by atomic mass is 15.2. The van der Waals surface area contributed by atoms with Gasteiger partial charge in [-0.2, -0.15) is 0 Å². The van der Waals surface area contributed by atoms with Gasteiger partial charge in [-0.3, -0.25) is 0 Å². The fourth-order valence-corrected chi connectivity index (χ4v) is 3.03. The molecule has 0 aliphatic carbocycles. The fourth-order valence-electron chi connectivity index (χ4n) is 3.03. The molecular weight excluding hydrogens is 296 g/mol. The number of hydrogen-bond acceptors (Lipinski definition) is 3. The summed E-state index contributed by atoms with van der Waals surface area (Å²) in [6.07, 6.45) is 0. The maximum atomic E-state index is 4.62. The van der Waals surface area contributed by atoms with Crippen molar-refractivity contribution in [3.63, 3.8) is 0 Å². The van der Waals surface area contributed by atoms with Gasteiger partial charge in [0, 0.05) is 26.2 Å². The van der Waals surface area contributed by atoms with Crippen molar-refractivity contribution in [3.05, 3.63) is 65.5 Å². The van der Waals surface area contributed by atoms with Gasteiger partial charge < -0.3 is 14.8 Å². The minimum absolute atomic E-state index is 0.917. The second-order valence-corrected chi connectivity index (χ2v) is 6.60. The van der Waals surface area contributed by atoms with E-state index in [1.165, 1.54) is 11.1 Å². The monoisotopic (exact) mass is 322 g/mol. The van der Waals surface area contributed by atoms with Crippen LogP contribution < -0.4 is 0 Å². The van der Waals surface area contributed by atoms with E-state index in [-0.39, 0.29) is 0 Å². The van der Waals surface area contributed by atoms with Gasteiger partial charge in [0.25, 0.3) is 0 Å². The molecule has 0 saturated carbocycles. The van der Waals surface area contributed by atoms with Crippen molar-refractivity contribution in [2.45, 2.75) is 20.0 Å². The molecule has 0 amide bonds. The van der Waals surface area contributed by atoms with Crippen LogP contribution in [0.25, 0.3) is 11.0 Å². The molecule has 1 N–H and O–H groups in total. The summed E-state index contributed by atoms with van der Waals surface area (Å²) in [6.45, 7) is 5.99. The molecule has 1 aromatic heterocycles. The molecule has 0 bridgehead atoms. The van der Waals surface area contributed by atoms with E-state index in [4.69, 9.17) is 0 Å². The van der Waals surface area contributed by atoms with E-state index in [1.807, 2.05) is 6.92 Å². The summed E-state index contributed by atoms with van der Waals surface area (Å²) in [5.41, 5.74) is 4.86. The normalized spacial score (nSPS) is 11.7. The topological polar surface area (TPSA) is 35.2 Å².